The fraction of sp³-hybridized carbons (Fsp3) is 0.381. The predicted molar refractivity (Wildman–Crippen MR) is 100 cm³/mol. The SMILES string of the molecule is CN(Cc1ccccn1)[C@H]1CCCN(C(=O)c2ccc(C#N)cc2)CC1. The fourth-order valence-corrected chi connectivity index (χ4v) is 3.47. The molecule has 1 aliphatic rings. The Balaban J connectivity index is 1.58. The first-order chi connectivity index (χ1) is 12.7. The van der Waals surface area contributed by atoms with Crippen LogP contribution < -0.4 is 0 Å². The summed E-state index contributed by atoms with van der Waals surface area (Å²) in [5.41, 5.74) is 2.31. The van der Waals surface area contributed by atoms with Crippen molar-refractivity contribution in [3.8, 4) is 6.07 Å². The van der Waals surface area contributed by atoms with Gasteiger partial charge in [0.25, 0.3) is 5.91 Å². The highest BCUT2D eigenvalue weighted by molar-refractivity contribution is 5.94. The molecule has 0 spiro atoms. The average Bonchev–Trinajstić information content (AvgIpc) is 2.94. The van der Waals surface area contributed by atoms with E-state index in [1.807, 2.05) is 29.3 Å². The first-order valence-corrected chi connectivity index (χ1v) is 9.07. The van der Waals surface area contributed by atoms with Crippen LogP contribution in [0, 0.1) is 11.3 Å². The van der Waals surface area contributed by atoms with E-state index in [0.717, 1.165) is 44.6 Å². The molecule has 1 aromatic heterocycles. The Kier molecular flexibility index (Phi) is 5.98. The van der Waals surface area contributed by atoms with Gasteiger partial charge >= 0.3 is 0 Å². The Morgan fingerprint density at radius 2 is 2.04 bits per heavy atom. The molecule has 5 nitrogen and oxygen atoms in total. The molecular weight excluding hydrogens is 324 g/mol. The number of likely N-dealkylation sites (tertiary alicyclic amines) is 1. The third-order valence-electron chi connectivity index (χ3n) is 5.01. The zero-order chi connectivity index (χ0) is 18.4. The summed E-state index contributed by atoms with van der Waals surface area (Å²) in [4.78, 5) is 21.4. The van der Waals surface area contributed by atoms with Gasteiger partial charge in [-0.05, 0) is 62.7 Å². The maximum absolute atomic E-state index is 12.7. The number of benzene rings is 1. The molecule has 26 heavy (non-hydrogen) atoms. The molecule has 2 aromatic rings. The van der Waals surface area contributed by atoms with E-state index in [0.29, 0.717) is 17.2 Å². The molecule has 134 valence electrons. The Morgan fingerprint density at radius 1 is 1.23 bits per heavy atom. The number of hydrogen-bond donors (Lipinski definition) is 0. The van der Waals surface area contributed by atoms with E-state index in [2.05, 4.69) is 23.0 Å². The second-order valence-corrected chi connectivity index (χ2v) is 6.80. The van der Waals surface area contributed by atoms with Gasteiger partial charge in [-0.1, -0.05) is 6.07 Å². The first kappa shape index (κ1) is 18.1. The Hall–Kier alpha value is -2.71. The van der Waals surface area contributed by atoms with Gasteiger partial charge in [0.1, 0.15) is 0 Å². The van der Waals surface area contributed by atoms with Crippen LogP contribution in [-0.2, 0) is 6.54 Å². The molecule has 1 aliphatic heterocycles. The molecule has 0 N–H and O–H groups in total. The summed E-state index contributed by atoms with van der Waals surface area (Å²) in [5, 5.41) is 8.89. The fourth-order valence-electron chi connectivity index (χ4n) is 3.47. The second kappa shape index (κ2) is 8.59. The minimum atomic E-state index is 0.0579. The highest BCUT2D eigenvalue weighted by Gasteiger charge is 2.24. The van der Waals surface area contributed by atoms with Crippen molar-refractivity contribution >= 4 is 5.91 Å². The highest BCUT2D eigenvalue weighted by atomic mass is 16.2. The van der Waals surface area contributed by atoms with E-state index in [1.165, 1.54) is 0 Å². The molecule has 1 atom stereocenters. The normalized spacial score (nSPS) is 17.6. The molecular formula is C21H24N4O. The molecule has 0 bridgehead atoms. The van der Waals surface area contributed by atoms with Crippen LogP contribution in [0.5, 0.6) is 0 Å². The number of amides is 1. The molecule has 1 amide bonds. The Labute approximate surface area is 154 Å². The number of rotatable bonds is 4. The summed E-state index contributed by atoms with van der Waals surface area (Å²) in [6, 6.07) is 15.4. The van der Waals surface area contributed by atoms with Gasteiger partial charge in [0.2, 0.25) is 0 Å². The van der Waals surface area contributed by atoms with Crippen LogP contribution in [0.3, 0.4) is 0 Å². The number of aromatic nitrogens is 1. The minimum absolute atomic E-state index is 0.0579. The van der Waals surface area contributed by atoms with Gasteiger partial charge in [-0.25, -0.2) is 0 Å². The third kappa shape index (κ3) is 4.47. The maximum Gasteiger partial charge on any atom is 0.253 e. The standard InChI is InChI=1S/C21H24N4O/c1-24(16-19-5-2-3-12-23-19)20-6-4-13-25(14-11-20)21(26)18-9-7-17(15-22)8-10-18/h2-3,5,7-10,12,20H,4,6,11,13-14,16H2,1H3/t20-/m0/s1. The molecule has 2 heterocycles. The summed E-state index contributed by atoms with van der Waals surface area (Å²) < 4.78 is 0. The highest BCUT2D eigenvalue weighted by Crippen LogP contribution is 2.19. The maximum atomic E-state index is 12.7. The van der Waals surface area contributed by atoms with E-state index in [4.69, 9.17) is 5.26 Å². The summed E-state index contributed by atoms with van der Waals surface area (Å²) >= 11 is 0. The van der Waals surface area contributed by atoms with E-state index in [-0.39, 0.29) is 5.91 Å². The molecule has 1 saturated heterocycles. The zero-order valence-corrected chi connectivity index (χ0v) is 15.1. The van der Waals surface area contributed by atoms with Crippen molar-refractivity contribution in [3.05, 3.63) is 65.5 Å². The smallest absolute Gasteiger partial charge is 0.253 e. The minimum Gasteiger partial charge on any atom is -0.339 e. The van der Waals surface area contributed by atoms with Crippen molar-refractivity contribution in [1.29, 1.82) is 5.26 Å². The molecule has 0 unspecified atom stereocenters. The van der Waals surface area contributed by atoms with Crippen molar-refractivity contribution in [2.45, 2.75) is 31.8 Å². The van der Waals surface area contributed by atoms with Crippen LogP contribution in [0.15, 0.2) is 48.7 Å². The van der Waals surface area contributed by atoms with Gasteiger partial charge < -0.3 is 4.90 Å². The summed E-state index contributed by atoms with van der Waals surface area (Å²) in [7, 11) is 2.14. The monoisotopic (exact) mass is 348 g/mol. The van der Waals surface area contributed by atoms with Gasteiger partial charge in [-0.2, -0.15) is 5.26 Å². The third-order valence-corrected chi connectivity index (χ3v) is 5.01. The molecule has 5 heteroatoms. The van der Waals surface area contributed by atoms with Crippen molar-refractivity contribution in [1.82, 2.24) is 14.8 Å². The van der Waals surface area contributed by atoms with Crippen molar-refractivity contribution in [2.75, 3.05) is 20.1 Å². The summed E-state index contributed by atoms with van der Waals surface area (Å²) in [5.74, 6) is 0.0579. The van der Waals surface area contributed by atoms with Crippen LogP contribution in [0.25, 0.3) is 0 Å². The lowest BCUT2D eigenvalue weighted by Crippen LogP contribution is -2.35. The number of carbonyl (C=O) groups is 1. The predicted octanol–water partition coefficient (Wildman–Crippen LogP) is 3.08. The molecule has 1 aromatic carbocycles. The quantitative estimate of drug-likeness (QED) is 0.852. The van der Waals surface area contributed by atoms with Gasteiger partial charge in [0.05, 0.1) is 17.3 Å². The average molecular weight is 348 g/mol. The molecule has 0 radical (unpaired) electrons. The molecule has 0 saturated carbocycles. The lowest BCUT2D eigenvalue weighted by molar-refractivity contribution is 0.0757. The zero-order valence-electron chi connectivity index (χ0n) is 15.1. The molecule has 0 aliphatic carbocycles. The Bertz CT molecular complexity index is 767. The van der Waals surface area contributed by atoms with Crippen LogP contribution >= 0.6 is 0 Å². The van der Waals surface area contributed by atoms with E-state index in [1.54, 1.807) is 24.3 Å². The van der Waals surface area contributed by atoms with Crippen LogP contribution in [0.4, 0.5) is 0 Å². The van der Waals surface area contributed by atoms with Gasteiger partial charge in [-0.15, -0.1) is 0 Å². The molecule has 3 rings (SSSR count). The number of pyridine rings is 1. The second-order valence-electron chi connectivity index (χ2n) is 6.80. The van der Waals surface area contributed by atoms with Crippen LogP contribution in [-0.4, -0.2) is 46.9 Å². The van der Waals surface area contributed by atoms with Gasteiger partial charge in [-0.3, -0.25) is 14.7 Å². The number of hydrogen-bond acceptors (Lipinski definition) is 4. The van der Waals surface area contributed by atoms with E-state index >= 15 is 0 Å². The number of nitrogens with zero attached hydrogens (tertiary/aromatic N) is 4. The topological polar surface area (TPSA) is 60.2 Å². The number of carbonyl (C=O) groups excluding carboxylic acids is 1. The van der Waals surface area contributed by atoms with E-state index < -0.39 is 0 Å². The van der Waals surface area contributed by atoms with Crippen molar-refractivity contribution in [2.24, 2.45) is 0 Å². The molecule has 1 fully saturated rings. The van der Waals surface area contributed by atoms with Crippen molar-refractivity contribution in [3.63, 3.8) is 0 Å². The van der Waals surface area contributed by atoms with Gasteiger partial charge in [0, 0.05) is 37.4 Å². The lowest BCUT2D eigenvalue weighted by Gasteiger charge is -2.27. The van der Waals surface area contributed by atoms with Crippen LogP contribution in [0.2, 0.25) is 0 Å². The lowest BCUT2D eigenvalue weighted by atomic mass is 10.1. The van der Waals surface area contributed by atoms with Crippen LogP contribution in [0.1, 0.15) is 40.9 Å². The Morgan fingerprint density at radius 3 is 2.73 bits per heavy atom. The number of nitriles is 1. The first-order valence-electron chi connectivity index (χ1n) is 9.07. The largest absolute Gasteiger partial charge is 0.339 e. The van der Waals surface area contributed by atoms with Gasteiger partial charge in [0.15, 0.2) is 0 Å². The summed E-state index contributed by atoms with van der Waals surface area (Å²) in [6.45, 7) is 2.37. The van der Waals surface area contributed by atoms with Crippen molar-refractivity contribution < 1.29 is 4.79 Å². The summed E-state index contributed by atoms with van der Waals surface area (Å²) in [6.07, 6.45) is 4.87. The van der Waals surface area contributed by atoms with E-state index in [9.17, 15) is 4.79 Å².